The molecule has 162 valence electrons. The number of hydrogen-bond acceptors (Lipinski definition) is 4. The first-order valence-electron chi connectivity index (χ1n) is 10.2. The van der Waals surface area contributed by atoms with Crippen LogP contribution in [0.5, 0.6) is 0 Å². The molecule has 0 radical (unpaired) electrons. The molecule has 0 aromatic rings. The number of carbonyl (C=O) groups excluding carboxylic acids is 1. The molecule has 10 heteroatoms. The molecule has 3 fully saturated rings. The van der Waals surface area contributed by atoms with Crippen LogP contribution in [-0.2, 0) is 9.84 Å². The third-order valence-corrected chi connectivity index (χ3v) is 7.65. The summed E-state index contributed by atoms with van der Waals surface area (Å²) in [5.74, 6) is 1.56. The molecule has 8 nitrogen and oxygen atoms in total. The zero-order chi connectivity index (χ0) is 19.3. The minimum atomic E-state index is -2.87. The first-order chi connectivity index (χ1) is 12.9. The van der Waals surface area contributed by atoms with E-state index in [4.69, 9.17) is 4.99 Å². The Hall–Kier alpha value is -0.780. The van der Waals surface area contributed by atoms with Crippen LogP contribution in [0.25, 0.3) is 0 Å². The quantitative estimate of drug-likeness (QED) is 0.291. The number of nitrogens with one attached hydrogen (secondary N) is 3. The highest BCUT2D eigenvalue weighted by molar-refractivity contribution is 14.0. The van der Waals surface area contributed by atoms with Crippen molar-refractivity contribution in [1.82, 2.24) is 20.9 Å². The first kappa shape index (κ1) is 23.5. The van der Waals surface area contributed by atoms with Gasteiger partial charge in [-0.1, -0.05) is 19.3 Å². The Labute approximate surface area is 185 Å². The van der Waals surface area contributed by atoms with E-state index < -0.39 is 9.84 Å². The number of hydrogen-bond donors (Lipinski definition) is 3. The number of rotatable bonds is 4. The van der Waals surface area contributed by atoms with E-state index in [9.17, 15) is 13.2 Å². The highest BCUT2D eigenvalue weighted by Crippen LogP contribution is 2.21. The molecule has 1 aliphatic carbocycles. The summed E-state index contributed by atoms with van der Waals surface area (Å²) in [6.07, 6.45) is 7.70. The fourth-order valence-electron chi connectivity index (χ4n) is 4.23. The monoisotopic (exact) mass is 527 g/mol. The van der Waals surface area contributed by atoms with E-state index in [1.807, 2.05) is 0 Å². The van der Waals surface area contributed by atoms with Crippen molar-refractivity contribution in [3.05, 3.63) is 0 Å². The molecule has 2 unspecified atom stereocenters. The highest BCUT2D eigenvalue weighted by atomic mass is 127. The maximum Gasteiger partial charge on any atom is 0.314 e. The Morgan fingerprint density at radius 3 is 2.46 bits per heavy atom. The van der Waals surface area contributed by atoms with Gasteiger partial charge in [0.05, 0.1) is 11.5 Å². The summed E-state index contributed by atoms with van der Waals surface area (Å²) in [6, 6.07) is 0.391. The third-order valence-electron chi connectivity index (χ3n) is 5.81. The van der Waals surface area contributed by atoms with Gasteiger partial charge in [-0.15, -0.1) is 24.0 Å². The van der Waals surface area contributed by atoms with Crippen LogP contribution < -0.4 is 16.0 Å². The smallest absolute Gasteiger partial charge is 0.314 e. The van der Waals surface area contributed by atoms with Crippen LogP contribution in [0.2, 0.25) is 0 Å². The van der Waals surface area contributed by atoms with E-state index in [1.165, 1.54) is 19.3 Å². The number of amides is 2. The van der Waals surface area contributed by atoms with Crippen LogP contribution in [0.3, 0.4) is 0 Å². The summed E-state index contributed by atoms with van der Waals surface area (Å²) < 4.78 is 23.4. The molecule has 0 bridgehead atoms. The zero-order valence-electron chi connectivity index (χ0n) is 16.7. The van der Waals surface area contributed by atoms with Crippen molar-refractivity contribution in [2.75, 3.05) is 38.2 Å². The van der Waals surface area contributed by atoms with Gasteiger partial charge in [0, 0.05) is 38.8 Å². The van der Waals surface area contributed by atoms with Crippen molar-refractivity contribution in [2.45, 2.75) is 57.0 Å². The number of urea groups is 1. The largest absolute Gasteiger partial charge is 0.354 e. The number of likely N-dealkylation sites (tertiary alicyclic amines) is 1. The van der Waals surface area contributed by atoms with E-state index in [-0.39, 0.29) is 47.7 Å². The van der Waals surface area contributed by atoms with Crippen molar-refractivity contribution < 1.29 is 13.2 Å². The molecule has 0 aromatic carbocycles. The Morgan fingerprint density at radius 1 is 1.07 bits per heavy atom. The number of halogens is 1. The lowest BCUT2D eigenvalue weighted by molar-refractivity contribution is 0.239. The lowest BCUT2D eigenvalue weighted by atomic mass is 9.96. The van der Waals surface area contributed by atoms with Gasteiger partial charge in [0.25, 0.3) is 0 Å². The number of nitrogens with zero attached hydrogens (tertiary/aromatic N) is 2. The van der Waals surface area contributed by atoms with Gasteiger partial charge in [-0.05, 0) is 31.6 Å². The van der Waals surface area contributed by atoms with E-state index >= 15 is 0 Å². The average molecular weight is 527 g/mol. The molecule has 2 aliphatic heterocycles. The number of sulfone groups is 1. The van der Waals surface area contributed by atoms with Crippen molar-refractivity contribution in [3.8, 4) is 0 Å². The van der Waals surface area contributed by atoms with Crippen molar-refractivity contribution in [1.29, 1.82) is 0 Å². The van der Waals surface area contributed by atoms with Gasteiger partial charge >= 0.3 is 6.03 Å². The van der Waals surface area contributed by atoms with Crippen molar-refractivity contribution in [2.24, 2.45) is 10.9 Å². The first-order valence-corrected chi connectivity index (χ1v) is 12.0. The minimum absolute atomic E-state index is 0. The molecule has 0 aromatic heterocycles. The standard InChI is InChI=1S/C18H33N5O3S.HI/c1-19-18(24)22-16-7-9-23(12-16)17(21-15-5-3-2-4-6-15)20-11-14-8-10-27(25,26)13-14;/h14-16H,2-13H2,1H3,(H,20,21)(H2,19,22,24);1H. The number of aliphatic imine (C=N–C) groups is 1. The molecule has 3 rings (SSSR count). The highest BCUT2D eigenvalue weighted by Gasteiger charge is 2.30. The third kappa shape index (κ3) is 6.93. The fourth-order valence-corrected chi connectivity index (χ4v) is 6.08. The average Bonchev–Trinajstić information content (AvgIpc) is 3.25. The topological polar surface area (TPSA) is 103 Å². The molecular formula is C18H34IN5O3S. The summed E-state index contributed by atoms with van der Waals surface area (Å²) >= 11 is 0. The van der Waals surface area contributed by atoms with Gasteiger partial charge in [-0.25, -0.2) is 13.2 Å². The van der Waals surface area contributed by atoms with E-state index in [0.717, 1.165) is 38.3 Å². The maximum absolute atomic E-state index is 11.7. The van der Waals surface area contributed by atoms with Crippen LogP contribution in [-0.4, -0.2) is 75.6 Å². The van der Waals surface area contributed by atoms with Gasteiger partial charge in [-0.2, -0.15) is 0 Å². The second kappa shape index (κ2) is 10.8. The summed E-state index contributed by atoms with van der Waals surface area (Å²) in [5, 5.41) is 9.20. The zero-order valence-corrected chi connectivity index (χ0v) is 19.8. The molecule has 2 atom stereocenters. The predicted octanol–water partition coefficient (Wildman–Crippen LogP) is 1.32. The molecule has 0 spiro atoms. The molecule has 3 aliphatic rings. The Bertz CT molecular complexity index is 652. The lowest BCUT2D eigenvalue weighted by Gasteiger charge is -2.29. The van der Waals surface area contributed by atoms with E-state index in [1.54, 1.807) is 7.05 Å². The molecule has 2 amide bonds. The number of guanidine groups is 1. The van der Waals surface area contributed by atoms with Crippen LogP contribution in [0, 0.1) is 5.92 Å². The Kier molecular flexibility index (Phi) is 9.10. The molecule has 28 heavy (non-hydrogen) atoms. The van der Waals surface area contributed by atoms with Crippen LogP contribution >= 0.6 is 24.0 Å². The molecule has 1 saturated carbocycles. The minimum Gasteiger partial charge on any atom is -0.354 e. The van der Waals surface area contributed by atoms with Crippen molar-refractivity contribution in [3.63, 3.8) is 0 Å². The summed E-state index contributed by atoms with van der Waals surface area (Å²) in [5.41, 5.74) is 0. The molecular weight excluding hydrogens is 493 g/mol. The van der Waals surface area contributed by atoms with Crippen LogP contribution in [0.4, 0.5) is 4.79 Å². The predicted molar refractivity (Wildman–Crippen MR) is 122 cm³/mol. The maximum atomic E-state index is 11.7. The fraction of sp³-hybridized carbons (Fsp3) is 0.889. The van der Waals surface area contributed by atoms with Gasteiger partial charge in [-0.3, -0.25) is 4.99 Å². The Morgan fingerprint density at radius 2 is 1.82 bits per heavy atom. The Balaban J connectivity index is 0.00000280. The molecule has 3 N–H and O–H groups in total. The summed E-state index contributed by atoms with van der Waals surface area (Å²) in [4.78, 5) is 18.6. The van der Waals surface area contributed by atoms with Gasteiger partial charge in [0.2, 0.25) is 0 Å². The molecule has 2 heterocycles. The summed E-state index contributed by atoms with van der Waals surface area (Å²) in [6.45, 7) is 2.13. The second-order valence-electron chi connectivity index (χ2n) is 8.07. The van der Waals surface area contributed by atoms with Crippen LogP contribution in [0.15, 0.2) is 4.99 Å². The summed E-state index contributed by atoms with van der Waals surface area (Å²) in [7, 11) is -1.25. The van der Waals surface area contributed by atoms with Gasteiger partial charge < -0.3 is 20.9 Å². The molecule has 2 saturated heterocycles. The van der Waals surface area contributed by atoms with Gasteiger partial charge in [0.1, 0.15) is 0 Å². The SMILES string of the molecule is CNC(=O)NC1CCN(C(=NCC2CCS(=O)(=O)C2)NC2CCCCC2)C1.I. The van der Waals surface area contributed by atoms with Crippen molar-refractivity contribution >= 4 is 45.8 Å². The van der Waals surface area contributed by atoms with Gasteiger partial charge in [0.15, 0.2) is 15.8 Å². The normalized spacial score (nSPS) is 27.9. The van der Waals surface area contributed by atoms with E-state index in [0.29, 0.717) is 24.8 Å². The number of carbonyl (C=O) groups is 1. The van der Waals surface area contributed by atoms with E-state index in [2.05, 4.69) is 20.9 Å². The van der Waals surface area contributed by atoms with Crippen LogP contribution in [0.1, 0.15) is 44.9 Å². The lowest BCUT2D eigenvalue weighted by Crippen LogP contribution is -2.48. The second-order valence-corrected chi connectivity index (χ2v) is 10.3.